The maximum absolute atomic E-state index is 14.0. The van der Waals surface area contributed by atoms with Gasteiger partial charge in [0, 0.05) is 17.6 Å². The minimum atomic E-state index is -2.73. The van der Waals surface area contributed by atoms with Gasteiger partial charge in [0.05, 0.1) is 24.7 Å². The van der Waals surface area contributed by atoms with Crippen LogP contribution in [0.15, 0.2) is 60.7 Å². The van der Waals surface area contributed by atoms with Crippen LogP contribution in [0.4, 0.5) is 10.5 Å². The normalized spacial score (nSPS) is 27.8. The number of anilines is 1. The summed E-state index contributed by atoms with van der Waals surface area (Å²) in [7, 11) is 4.71. The van der Waals surface area contributed by atoms with E-state index in [1.54, 1.807) is 68.7 Å². The molecule has 0 aliphatic heterocycles. The predicted molar refractivity (Wildman–Crippen MR) is 170 cm³/mol. The van der Waals surface area contributed by atoms with Gasteiger partial charge in [-0.15, -0.1) is 0 Å². The first-order chi connectivity index (χ1) is 22.8. The topological polar surface area (TPSA) is 206 Å². The molecule has 0 radical (unpaired) electrons. The third kappa shape index (κ3) is 5.20. The first kappa shape index (κ1) is 32.8. The minimum Gasteiger partial charge on any atom is -0.507 e. The number of nitrogens with two attached hydrogens (primary N) is 1. The van der Waals surface area contributed by atoms with E-state index < -0.39 is 70.8 Å². The van der Waals surface area contributed by atoms with Gasteiger partial charge in [0.25, 0.3) is 0 Å². The Labute approximate surface area is 275 Å². The molecule has 48 heavy (non-hydrogen) atoms. The maximum Gasteiger partial charge on any atom is 0.417 e. The van der Waals surface area contributed by atoms with Gasteiger partial charge < -0.3 is 35.4 Å². The van der Waals surface area contributed by atoms with Crippen LogP contribution in [0.1, 0.15) is 22.3 Å². The molecule has 250 valence electrons. The second-order valence-corrected chi connectivity index (χ2v) is 12.7. The van der Waals surface area contributed by atoms with Crippen molar-refractivity contribution in [2.75, 3.05) is 26.5 Å². The molecule has 3 aliphatic rings. The lowest BCUT2D eigenvalue weighted by atomic mass is 9.52. The summed E-state index contributed by atoms with van der Waals surface area (Å²) < 4.78 is 10.4. The molecule has 2 fully saturated rings. The van der Waals surface area contributed by atoms with Crippen LogP contribution in [0.5, 0.6) is 17.2 Å². The molecular formula is C35H35N3O10. The molecule has 6 N–H and O–H groups in total. The van der Waals surface area contributed by atoms with Crippen LogP contribution >= 0.6 is 0 Å². The third-order valence-corrected chi connectivity index (χ3v) is 9.89. The number of ether oxygens (including phenoxy) is 2. The smallest absolute Gasteiger partial charge is 0.417 e. The fourth-order valence-corrected chi connectivity index (χ4v) is 7.72. The standard InChI is InChI=1S/C35H35N3O10/c1-38(2)28-23-15-17-14-22-21(16-4-6-18(7-5-16)37-34(45)48-20-10-8-19(47-3)9-11-20)12-13-24(39)26(22)29(40)25(17)31(42)35(23,46)32(43)27(30(28)41)33(36)44/h4-13,17,23,25,27-28,30,39,41,46H,14-15H2,1-3H3,(H2,36,44)(H,37,45)/t17-,23-,25?,27?,28-,30?,35-/m1/s1. The fraction of sp³-hybridized carbons (Fsp3) is 0.343. The van der Waals surface area contributed by atoms with E-state index in [-0.39, 0.29) is 24.2 Å². The number of methoxy groups -OCH3 is 1. The second-order valence-electron chi connectivity index (χ2n) is 12.7. The van der Waals surface area contributed by atoms with E-state index in [9.17, 15) is 39.3 Å². The lowest BCUT2D eigenvalue weighted by Crippen LogP contribution is -2.75. The van der Waals surface area contributed by atoms with Crippen LogP contribution in [0.2, 0.25) is 0 Å². The van der Waals surface area contributed by atoms with Crippen LogP contribution in [0.3, 0.4) is 0 Å². The minimum absolute atomic E-state index is 0.00345. The monoisotopic (exact) mass is 657 g/mol. The summed E-state index contributed by atoms with van der Waals surface area (Å²) in [6.45, 7) is 0. The van der Waals surface area contributed by atoms with Gasteiger partial charge in [-0.3, -0.25) is 24.5 Å². The molecule has 0 heterocycles. The number of amides is 2. The van der Waals surface area contributed by atoms with Crippen LogP contribution in [0, 0.1) is 23.7 Å². The number of aliphatic hydroxyl groups is 2. The number of aromatic hydroxyl groups is 1. The Balaban J connectivity index is 1.30. The summed E-state index contributed by atoms with van der Waals surface area (Å²) in [5.41, 5.74) is 4.79. The van der Waals surface area contributed by atoms with Crippen molar-refractivity contribution in [3.05, 3.63) is 71.8 Å². The molecule has 7 atom stereocenters. The van der Waals surface area contributed by atoms with Gasteiger partial charge in [-0.2, -0.15) is 0 Å². The molecule has 2 saturated carbocycles. The van der Waals surface area contributed by atoms with Gasteiger partial charge >= 0.3 is 6.09 Å². The molecule has 0 saturated heterocycles. The van der Waals surface area contributed by atoms with Gasteiger partial charge in [-0.25, -0.2) is 4.79 Å². The van der Waals surface area contributed by atoms with Gasteiger partial charge in [-0.05, 0) is 92.0 Å². The zero-order valence-electron chi connectivity index (χ0n) is 26.4. The number of ketones is 3. The van der Waals surface area contributed by atoms with Crippen molar-refractivity contribution in [3.8, 4) is 28.4 Å². The molecule has 0 spiro atoms. The highest BCUT2D eigenvalue weighted by atomic mass is 16.6. The number of likely N-dealkylation sites (N-methyl/N-ethyl adjacent to an activating group) is 1. The number of primary amides is 1. The van der Waals surface area contributed by atoms with Crippen molar-refractivity contribution < 1.29 is 48.8 Å². The summed E-state index contributed by atoms with van der Waals surface area (Å²) in [6, 6.07) is 15.2. The largest absolute Gasteiger partial charge is 0.507 e. The Bertz CT molecular complexity index is 1820. The lowest BCUT2D eigenvalue weighted by molar-refractivity contribution is -0.190. The van der Waals surface area contributed by atoms with Crippen LogP contribution in [0.25, 0.3) is 11.1 Å². The summed E-state index contributed by atoms with van der Waals surface area (Å²) in [6.07, 6.45) is -2.14. The van der Waals surface area contributed by atoms with Crippen LogP contribution in [-0.2, 0) is 20.8 Å². The number of phenolic OH excluding ortho intramolecular Hbond substituents is 1. The lowest BCUT2D eigenvalue weighted by Gasteiger charge is -2.54. The number of nitrogens with one attached hydrogen (secondary N) is 1. The molecule has 13 nitrogen and oxygen atoms in total. The highest BCUT2D eigenvalue weighted by molar-refractivity contribution is 6.25. The van der Waals surface area contributed by atoms with E-state index in [4.69, 9.17) is 15.2 Å². The van der Waals surface area contributed by atoms with E-state index >= 15 is 0 Å². The summed E-state index contributed by atoms with van der Waals surface area (Å²) in [5.74, 6) is -8.73. The zero-order chi connectivity index (χ0) is 34.7. The summed E-state index contributed by atoms with van der Waals surface area (Å²) >= 11 is 0. The SMILES string of the molecule is COc1ccc(OC(=O)Nc2ccc(-c3ccc(O)c4c3C[C@@H]3C[C@@H]5[C@@H](N(C)C)C(O)C(C(N)=O)C(=O)[C@]5(O)C(=O)C3C4=O)cc2)cc1. The maximum atomic E-state index is 14.0. The van der Waals surface area contributed by atoms with Crippen molar-refractivity contribution in [1.29, 1.82) is 0 Å². The number of hydrogen-bond acceptors (Lipinski definition) is 11. The molecule has 3 aromatic rings. The number of carbonyl (C=O) groups is 5. The Morgan fingerprint density at radius 2 is 1.60 bits per heavy atom. The first-order valence-corrected chi connectivity index (χ1v) is 15.3. The average molecular weight is 658 g/mol. The molecule has 3 aliphatic carbocycles. The van der Waals surface area contributed by atoms with Gasteiger partial charge in [0.2, 0.25) is 5.91 Å². The number of aliphatic hydroxyl groups excluding tert-OH is 1. The highest BCUT2D eigenvalue weighted by Gasteiger charge is 2.69. The number of benzene rings is 3. The predicted octanol–water partition coefficient (Wildman–Crippen LogP) is 1.95. The van der Waals surface area contributed by atoms with E-state index in [0.29, 0.717) is 33.9 Å². The van der Waals surface area contributed by atoms with E-state index in [0.717, 1.165) is 0 Å². The summed E-state index contributed by atoms with van der Waals surface area (Å²) in [4.78, 5) is 67.8. The molecular weight excluding hydrogens is 622 g/mol. The first-order valence-electron chi connectivity index (χ1n) is 15.3. The Morgan fingerprint density at radius 1 is 0.958 bits per heavy atom. The quantitative estimate of drug-likeness (QED) is 0.242. The van der Waals surface area contributed by atoms with Gasteiger partial charge in [-0.1, -0.05) is 18.2 Å². The van der Waals surface area contributed by atoms with Crippen LogP contribution in [-0.4, -0.2) is 88.5 Å². The number of fused-ring (bicyclic) bond motifs is 3. The zero-order valence-corrected chi connectivity index (χ0v) is 26.4. The average Bonchev–Trinajstić information content (AvgIpc) is 3.03. The van der Waals surface area contributed by atoms with E-state index in [1.165, 1.54) is 18.1 Å². The second kappa shape index (κ2) is 12.2. The molecule has 2 amide bonds. The number of hydrogen-bond donors (Lipinski definition) is 5. The van der Waals surface area contributed by atoms with E-state index in [1.807, 2.05) is 0 Å². The molecule has 3 unspecified atom stereocenters. The van der Waals surface area contributed by atoms with Gasteiger partial charge in [0.15, 0.2) is 23.0 Å². The molecule has 3 aromatic carbocycles. The van der Waals surface area contributed by atoms with Crippen molar-refractivity contribution in [2.45, 2.75) is 30.6 Å². The molecule has 0 bridgehead atoms. The van der Waals surface area contributed by atoms with Crippen LogP contribution < -0.4 is 20.5 Å². The third-order valence-electron chi connectivity index (χ3n) is 9.89. The molecule has 13 heteroatoms. The van der Waals surface area contributed by atoms with E-state index in [2.05, 4.69) is 5.32 Å². The van der Waals surface area contributed by atoms with Gasteiger partial charge in [0.1, 0.15) is 23.2 Å². The van der Waals surface area contributed by atoms with Crippen molar-refractivity contribution in [1.82, 2.24) is 4.90 Å². The summed E-state index contributed by atoms with van der Waals surface area (Å²) in [5, 5.41) is 36.3. The number of rotatable bonds is 6. The van der Waals surface area contributed by atoms with Crippen molar-refractivity contribution in [2.24, 2.45) is 29.4 Å². The number of phenols is 1. The number of nitrogens with zero attached hydrogens (tertiary/aromatic N) is 1. The Morgan fingerprint density at radius 3 is 2.21 bits per heavy atom. The van der Waals surface area contributed by atoms with Crippen molar-refractivity contribution in [3.63, 3.8) is 0 Å². The number of carbonyl (C=O) groups excluding carboxylic acids is 5. The Hall–Kier alpha value is -5.11. The Kier molecular flexibility index (Phi) is 8.31. The number of Topliss-reactive ketones (excluding diaryl/α,β-unsaturated/α-hetero) is 3. The molecule has 0 aromatic heterocycles. The highest BCUT2D eigenvalue weighted by Crippen LogP contribution is 2.52. The fourth-order valence-electron chi connectivity index (χ4n) is 7.72. The van der Waals surface area contributed by atoms with Crippen molar-refractivity contribution >= 4 is 35.0 Å². The molecule has 6 rings (SSSR count).